The second-order valence-corrected chi connectivity index (χ2v) is 10.4. The van der Waals surface area contributed by atoms with E-state index in [0.717, 1.165) is 0 Å². The van der Waals surface area contributed by atoms with Crippen molar-refractivity contribution in [3.63, 3.8) is 0 Å². The van der Waals surface area contributed by atoms with Crippen LogP contribution in [0, 0.1) is 11.5 Å². The molecule has 1 fully saturated rings. The maximum atomic E-state index is 10.0. The average Bonchev–Trinajstić information content (AvgIpc) is 2.33. The van der Waals surface area contributed by atoms with Crippen LogP contribution in [0.2, 0.25) is 19.6 Å². The van der Waals surface area contributed by atoms with Crippen molar-refractivity contribution < 1.29 is 24.8 Å². The zero-order valence-electron chi connectivity index (χ0n) is 11.8. The molecule has 0 bridgehead atoms. The van der Waals surface area contributed by atoms with Crippen molar-refractivity contribution in [1.29, 1.82) is 0 Å². The molecule has 0 amide bonds. The van der Waals surface area contributed by atoms with E-state index in [1.54, 1.807) is 0 Å². The highest BCUT2D eigenvalue weighted by Gasteiger charge is 2.42. The highest BCUT2D eigenvalue weighted by Crippen LogP contribution is 2.26. The molecule has 1 saturated heterocycles. The van der Waals surface area contributed by atoms with Crippen molar-refractivity contribution in [2.24, 2.45) is 0 Å². The van der Waals surface area contributed by atoms with Crippen LogP contribution in [-0.4, -0.2) is 61.2 Å². The molecule has 0 aromatic heterocycles. The monoisotopic (exact) mass is 286 g/mol. The number of rotatable bonds is 2. The largest absolute Gasteiger partial charge is 0.386 e. The van der Waals surface area contributed by atoms with Crippen LogP contribution in [0.3, 0.4) is 0 Å². The number of aliphatic hydroxyl groups is 3. The van der Waals surface area contributed by atoms with Gasteiger partial charge in [0.2, 0.25) is 0 Å². The Labute approximate surface area is 114 Å². The fraction of sp³-hybridized carbons (Fsp3) is 0.692. The molecule has 0 radical (unpaired) electrons. The van der Waals surface area contributed by atoms with E-state index in [9.17, 15) is 15.3 Å². The van der Waals surface area contributed by atoms with Crippen LogP contribution in [0.25, 0.3) is 0 Å². The first-order valence-electron chi connectivity index (χ1n) is 6.11. The maximum absolute atomic E-state index is 10.0. The van der Waals surface area contributed by atoms with Gasteiger partial charge in [0.1, 0.15) is 32.5 Å². The Balaban J connectivity index is 2.86. The fourth-order valence-electron chi connectivity index (χ4n) is 1.69. The average molecular weight is 286 g/mol. The predicted octanol–water partition coefficient (Wildman–Crippen LogP) is -0.123. The SMILES string of the molecule is C=C1[C@H](O)[C@@H](O)[C@@H](OC)O[C@@H]1[C@@H](O)C#C[Si](C)(C)C. The van der Waals surface area contributed by atoms with Crippen molar-refractivity contribution in [2.75, 3.05) is 7.11 Å². The van der Waals surface area contributed by atoms with Crippen LogP contribution < -0.4 is 0 Å². The van der Waals surface area contributed by atoms with Gasteiger partial charge in [-0.25, -0.2) is 0 Å². The van der Waals surface area contributed by atoms with Gasteiger partial charge < -0.3 is 24.8 Å². The van der Waals surface area contributed by atoms with Crippen LogP contribution in [-0.2, 0) is 9.47 Å². The van der Waals surface area contributed by atoms with Gasteiger partial charge in [0.25, 0.3) is 0 Å². The van der Waals surface area contributed by atoms with Crippen LogP contribution in [0.15, 0.2) is 12.2 Å². The molecule has 1 rings (SSSR count). The summed E-state index contributed by atoms with van der Waals surface area (Å²) in [5.41, 5.74) is 3.24. The number of methoxy groups -OCH3 is 1. The van der Waals surface area contributed by atoms with Gasteiger partial charge in [0.15, 0.2) is 6.29 Å². The Morgan fingerprint density at radius 3 is 2.42 bits per heavy atom. The van der Waals surface area contributed by atoms with Crippen LogP contribution >= 0.6 is 0 Å². The summed E-state index contributed by atoms with van der Waals surface area (Å²) in [5, 5.41) is 29.6. The summed E-state index contributed by atoms with van der Waals surface area (Å²) in [7, 11) is -0.258. The van der Waals surface area contributed by atoms with E-state index in [1.807, 2.05) is 0 Å². The topological polar surface area (TPSA) is 79.2 Å². The first-order chi connectivity index (χ1) is 8.67. The first kappa shape index (κ1) is 16.4. The molecule has 0 aromatic rings. The standard InChI is InChI=1S/C13H22O5Si/c1-8-10(15)11(16)13(17-2)18-12(8)9(14)6-7-19(3,4)5/h9-16H,1H2,2-5H3/t9-,10-,11+,12-,13-/m0/s1. The van der Waals surface area contributed by atoms with Crippen LogP contribution in [0.1, 0.15) is 0 Å². The normalized spacial score (nSPS) is 33.5. The number of aliphatic hydroxyl groups excluding tert-OH is 3. The molecule has 108 valence electrons. The number of hydrogen-bond donors (Lipinski definition) is 3. The van der Waals surface area contributed by atoms with E-state index in [2.05, 4.69) is 37.7 Å². The summed E-state index contributed by atoms with van der Waals surface area (Å²) in [6.07, 6.45) is -5.39. The van der Waals surface area contributed by atoms with E-state index in [4.69, 9.17) is 9.47 Å². The molecule has 0 aliphatic carbocycles. The third-order valence-corrected chi connectivity index (χ3v) is 3.64. The highest BCUT2D eigenvalue weighted by atomic mass is 28.3. The van der Waals surface area contributed by atoms with Crippen molar-refractivity contribution in [2.45, 2.75) is 50.3 Å². The molecular formula is C13H22O5Si. The Kier molecular flexibility index (Phi) is 5.32. The molecule has 1 aliphatic rings. The maximum Gasteiger partial charge on any atom is 0.186 e. The van der Waals surface area contributed by atoms with Gasteiger partial charge in [-0.05, 0) is 5.57 Å². The van der Waals surface area contributed by atoms with Gasteiger partial charge in [0, 0.05) is 7.11 Å². The summed E-state index contributed by atoms with van der Waals surface area (Å²) in [6.45, 7) is 9.82. The minimum absolute atomic E-state index is 0.207. The first-order valence-corrected chi connectivity index (χ1v) is 9.61. The Bertz CT molecular complexity index is 392. The molecule has 0 spiro atoms. The zero-order chi connectivity index (χ0) is 14.8. The molecule has 0 saturated carbocycles. The Morgan fingerprint density at radius 2 is 1.95 bits per heavy atom. The third kappa shape index (κ3) is 4.14. The third-order valence-electron chi connectivity index (χ3n) is 2.74. The van der Waals surface area contributed by atoms with Crippen LogP contribution in [0.4, 0.5) is 0 Å². The van der Waals surface area contributed by atoms with E-state index in [0.29, 0.717) is 0 Å². The number of hydrogen-bond acceptors (Lipinski definition) is 5. The second-order valence-electron chi connectivity index (χ2n) is 5.64. The molecular weight excluding hydrogens is 264 g/mol. The lowest BCUT2D eigenvalue weighted by Gasteiger charge is -2.38. The molecule has 5 nitrogen and oxygen atoms in total. The molecule has 0 aromatic carbocycles. The van der Waals surface area contributed by atoms with E-state index in [1.165, 1.54) is 7.11 Å². The number of ether oxygens (including phenoxy) is 2. The summed E-state index contributed by atoms with van der Waals surface area (Å²) < 4.78 is 10.3. The minimum atomic E-state index is -1.61. The van der Waals surface area contributed by atoms with E-state index >= 15 is 0 Å². The smallest absolute Gasteiger partial charge is 0.186 e. The molecule has 1 heterocycles. The lowest BCUT2D eigenvalue weighted by molar-refractivity contribution is -0.246. The molecule has 0 unspecified atom stereocenters. The van der Waals surface area contributed by atoms with Gasteiger partial charge in [0.05, 0.1) is 0 Å². The predicted molar refractivity (Wildman–Crippen MR) is 74.0 cm³/mol. The summed E-state index contributed by atoms with van der Waals surface area (Å²) >= 11 is 0. The molecule has 3 N–H and O–H groups in total. The van der Waals surface area contributed by atoms with Crippen LogP contribution in [0.5, 0.6) is 0 Å². The van der Waals surface area contributed by atoms with Crippen molar-refractivity contribution >= 4 is 8.07 Å². The quantitative estimate of drug-likeness (QED) is 0.375. The van der Waals surface area contributed by atoms with Crippen molar-refractivity contribution in [3.8, 4) is 11.5 Å². The molecule has 1 aliphatic heterocycles. The summed E-state index contributed by atoms with van der Waals surface area (Å²) in [5.74, 6) is 2.74. The van der Waals surface area contributed by atoms with Gasteiger partial charge in [-0.3, -0.25) is 0 Å². The van der Waals surface area contributed by atoms with E-state index < -0.39 is 38.8 Å². The van der Waals surface area contributed by atoms with E-state index in [-0.39, 0.29) is 5.57 Å². The lowest BCUT2D eigenvalue weighted by atomic mass is 9.94. The fourth-order valence-corrected chi connectivity index (χ4v) is 2.27. The lowest BCUT2D eigenvalue weighted by Crippen LogP contribution is -2.53. The van der Waals surface area contributed by atoms with Crippen molar-refractivity contribution in [3.05, 3.63) is 12.2 Å². The Morgan fingerprint density at radius 1 is 1.37 bits per heavy atom. The Hall–Kier alpha value is -0.683. The van der Waals surface area contributed by atoms with Gasteiger partial charge in [-0.15, -0.1) is 5.54 Å². The van der Waals surface area contributed by atoms with Gasteiger partial charge >= 0.3 is 0 Å². The summed E-state index contributed by atoms with van der Waals surface area (Å²) in [6, 6.07) is 0. The van der Waals surface area contributed by atoms with Gasteiger partial charge in [-0.2, -0.15) is 0 Å². The van der Waals surface area contributed by atoms with Gasteiger partial charge in [-0.1, -0.05) is 32.1 Å². The zero-order valence-corrected chi connectivity index (χ0v) is 12.8. The summed E-state index contributed by atoms with van der Waals surface area (Å²) in [4.78, 5) is 0. The highest BCUT2D eigenvalue weighted by molar-refractivity contribution is 6.83. The molecule has 5 atom stereocenters. The molecule has 19 heavy (non-hydrogen) atoms. The second kappa shape index (κ2) is 6.18. The van der Waals surface area contributed by atoms with Crippen molar-refractivity contribution in [1.82, 2.24) is 0 Å². The molecule has 6 heteroatoms. The minimum Gasteiger partial charge on any atom is -0.386 e.